The second kappa shape index (κ2) is 6.12. The maximum absolute atomic E-state index is 12.2. The van der Waals surface area contributed by atoms with E-state index in [0.717, 1.165) is 13.2 Å². The zero-order valence-electron chi connectivity index (χ0n) is 11.5. The molecule has 7 nitrogen and oxygen atoms in total. The van der Waals surface area contributed by atoms with E-state index in [1.807, 2.05) is 0 Å². The predicted molar refractivity (Wildman–Crippen MR) is 77.5 cm³/mol. The number of halogens is 1. The molecule has 0 saturated carbocycles. The third-order valence-corrected chi connectivity index (χ3v) is 4.91. The van der Waals surface area contributed by atoms with Crippen LogP contribution >= 0.6 is 15.9 Å². The topological polar surface area (TPSA) is 110 Å². The van der Waals surface area contributed by atoms with E-state index >= 15 is 0 Å². The SMILES string of the molecule is COC(=O)C(C)(C)NS(=O)(=O)c1ccc(Br)c(C(=O)O)c1. The Hall–Kier alpha value is -1.45. The second-order valence-corrected chi connectivity index (χ2v) is 7.21. The Morgan fingerprint density at radius 2 is 1.90 bits per heavy atom. The van der Waals surface area contributed by atoms with Crippen LogP contribution in [0.2, 0.25) is 0 Å². The van der Waals surface area contributed by atoms with Crippen molar-refractivity contribution in [2.24, 2.45) is 0 Å². The van der Waals surface area contributed by atoms with Crippen molar-refractivity contribution in [1.82, 2.24) is 4.72 Å². The quantitative estimate of drug-likeness (QED) is 0.747. The molecule has 21 heavy (non-hydrogen) atoms. The first-order valence-electron chi connectivity index (χ1n) is 5.66. The van der Waals surface area contributed by atoms with Crippen molar-refractivity contribution in [3.63, 3.8) is 0 Å². The summed E-state index contributed by atoms with van der Waals surface area (Å²) in [5.74, 6) is -2.03. The summed E-state index contributed by atoms with van der Waals surface area (Å²) in [5.41, 5.74) is -1.68. The van der Waals surface area contributed by atoms with E-state index in [-0.39, 0.29) is 14.9 Å². The van der Waals surface area contributed by atoms with Crippen LogP contribution in [0.15, 0.2) is 27.6 Å². The average molecular weight is 380 g/mol. The lowest BCUT2D eigenvalue weighted by atomic mass is 10.1. The minimum absolute atomic E-state index is 0.200. The van der Waals surface area contributed by atoms with Gasteiger partial charge in [0.15, 0.2) is 0 Å². The first-order chi connectivity index (χ1) is 9.51. The minimum atomic E-state index is -4.08. The van der Waals surface area contributed by atoms with Gasteiger partial charge in [-0.2, -0.15) is 4.72 Å². The third kappa shape index (κ3) is 4.02. The van der Waals surface area contributed by atoms with E-state index in [1.165, 1.54) is 26.0 Å². The number of carboxylic acid groups (broad SMARTS) is 1. The fraction of sp³-hybridized carbons (Fsp3) is 0.333. The van der Waals surface area contributed by atoms with E-state index in [1.54, 1.807) is 0 Å². The van der Waals surface area contributed by atoms with Crippen molar-refractivity contribution in [2.75, 3.05) is 7.11 Å². The van der Waals surface area contributed by atoms with E-state index in [4.69, 9.17) is 5.11 Å². The molecule has 0 aliphatic carbocycles. The van der Waals surface area contributed by atoms with Gasteiger partial charge in [0.25, 0.3) is 0 Å². The summed E-state index contributed by atoms with van der Waals surface area (Å²) < 4.78 is 31.4. The van der Waals surface area contributed by atoms with E-state index in [9.17, 15) is 18.0 Å². The summed E-state index contributed by atoms with van der Waals surface area (Å²) in [6.45, 7) is 2.68. The highest BCUT2D eigenvalue weighted by Gasteiger charge is 2.34. The number of hydrogen-bond acceptors (Lipinski definition) is 5. The van der Waals surface area contributed by atoms with Crippen LogP contribution in [0, 0.1) is 0 Å². The number of nitrogens with one attached hydrogen (secondary N) is 1. The highest BCUT2D eigenvalue weighted by molar-refractivity contribution is 9.10. The van der Waals surface area contributed by atoms with Crippen molar-refractivity contribution in [3.8, 4) is 0 Å². The standard InChI is InChI=1S/C12H14BrNO6S/c1-12(2,11(17)20-3)14-21(18,19)7-4-5-9(13)8(6-7)10(15)16/h4-6,14H,1-3H3,(H,15,16). The van der Waals surface area contributed by atoms with E-state index < -0.39 is 27.5 Å². The molecule has 116 valence electrons. The molecule has 0 bridgehead atoms. The molecular formula is C12H14BrNO6S. The van der Waals surface area contributed by atoms with Crippen molar-refractivity contribution in [1.29, 1.82) is 0 Å². The van der Waals surface area contributed by atoms with Crippen LogP contribution in [0.3, 0.4) is 0 Å². The predicted octanol–water partition coefficient (Wildman–Crippen LogP) is 1.38. The summed E-state index contributed by atoms with van der Waals surface area (Å²) in [4.78, 5) is 22.3. The van der Waals surface area contributed by atoms with Gasteiger partial charge in [0.2, 0.25) is 10.0 Å². The Bertz CT molecular complexity index is 683. The molecule has 0 heterocycles. The Morgan fingerprint density at radius 1 is 1.33 bits per heavy atom. The first-order valence-corrected chi connectivity index (χ1v) is 7.94. The summed E-state index contributed by atoms with van der Waals surface area (Å²) in [6, 6.07) is 3.54. The molecule has 0 aliphatic rings. The number of aromatic carboxylic acids is 1. The van der Waals surface area contributed by atoms with Gasteiger partial charge in [-0.15, -0.1) is 0 Å². The number of methoxy groups -OCH3 is 1. The lowest BCUT2D eigenvalue weighted by molar-refractivity contribution is -0.146. The molecule has 0 saturated heterocycles. The molecule has 0 fully saturated rings. The Balaban J connectivity index is 3.24. The lowest BCUT2D eigenvalue weighted by Gasteiger charge is -2.22. The molecular weight excluding hydrogens is 366 g/mol. The molecule has 0 aromatic heterocycles. The zero-order chi connectivity index (χ0) is 16.4. The van der Waals surface area contributed by atoms with Crippen molar-refractivity contribution < 1.29 is 27.9 Å². The fourth-order valence-corrected chi connectivity index (χ4v) is 3.34. The van der Waals surface area contributed by atoms with Gasteiger partial charge in [0.05, 0.1) is 17.6 Å². The summed E-state index contributed by atoms with van der Waals surface area (Å²) in [7, 11) is -2.94. The van der Waals surface area contributed by atoms with Gasteiger partial charge < -0.3 is 9.84 Å². The molecule has 0 amide bonds. The number of carbonyl (C=O) groups is 2. The largest absolute Gasteiger partial charge is 0.478 e. The van der Waals surface area contributed by atoms with Crippen molar-refractivity contribution >= 4 is 37.9 Å². The zero-order valence-corrected chi connectivity index (χ0v) is 13.9. The Kier molecular flexibility index (Phi) is 5.13. The number of esters is 1. The van der Waals surface area contributed by atoms with Gasteiger partial charge >= 0.3 is 11.9 Å². The van der Waals surface area contributed by atoms with Gasteiger partial charge in [-0.3, -0.25) is 4.79 Å². The number of carbonyl (C=O) groups excluding carboxylic acids is 1. The number of rotatable bonds is 5. The average Bonchev–Trinajstić information content (AvgIpc) is 2.36. The molecule has 0 atom stereocenters. The van der Waals surface area contributed by atoms with E-state index in [0.29, 0.717) is 0 Å². The monoisotopic (exact) mass is 379 g/mol. The van der Waals surface area contributed by atoms with Crippen LogP contribution < -0.4 is 4.72 Å². The Labute approximate surface area is 130 Å². The number of sulfonamides is 1. The fourth-order valence-electron chi connectivity index (χ4n) is 1.53. The number of ether oxygens (including phenoxy) is 1. The molecule has 0 unspecified atom stereocenters. The molecule has 1 rings (SSSR count). The van der Waals surface area contributed by atoms with Gasteiger partial charge in [-0.1, -0.05) is 0 Å². The molecule has 0 aliphatic heterocycles. The highest BCUT2D eigenvalue weighted by Crippen LogP contribution is 2.22. The molecule has 2 N–H and O–H groups in total. The van der Waals surface area contributed by atoms with Crippen LogP contribution in [0.1, 0.15) is 24.2 Å². The highest BCUT2D eigenvalue weighted by atomic mass is 79.9. The van der Waals surface area contributed by atoms with Gasteiger partial charge in [-0.25, -0.2) is 13.2 Å². The van der Waals surface area contributed by atoms with Crippen molar-refractivity contribution in [3.05, 3.63) is 28.2 Å². The molecule has 9 heteroatoms. The normalized spacial score (nSPS) is 12.0. The summed E-state index contributed by atoms with van der Waals surface area (Å²) >= 11 is 3.02. The Morgan fingerprint density at radius 3 is 2.38 bits per heavy atom. The minimum Gasteiger partial charge on any atom is -0.478 e. The number of hydrogen-bond donors (Lipinski definition) is 2. The second-order valence-electron chi connectivity index (χ2n) is 4.67. The number of benzene rings is 1. The summed E-state index contributed by atoms with van der Waals surface area (Å²) in [5, 5.41) is 9.00. The molecule has 0 radical (unpaired) electrons. The van der Waals surface area contributed by atoms with Crippen molar-refractivity contribution in [2.45, 2.75) is 24.3 Å². The van der Waals surface area contributed by atoms with Gasteiger partial charge in [-0.05, 0) is 48.0 Å². The maximum Gasteiger partial charge on any atom is 0.336 e. The smallest absolute Gasteiger partial charge is 0.336 e. The van der Waals surface area contributed by atoms with Gasteiger partial charge in [0.1, 0.15) is 5.54 Å². The van der Waals surface area contributed by atoms with Gasteiger partial charge in [0, 0.05) is 4.47 Å². The number of carboxylic acids is 1. The van der Waals surface area contributed by atoms with Crippen LogP contribution in [0.4, 0.5) is 0 Å². The summed E-state index contributed by atoms with van der Waals surface area (Å²) in [6.07, 6.45) is 0. The third-order valence-electron chi connectivity index (χ3n) is 2.56. The van der Waals surface area contributed by atoms with Crippen LogP contribution in [-0.2, 0) is 19.6 Å². The molecule has 1 aromatic carbocycles. The van der Waals surface area contributed by atoms with E-state index in [2.05, 4.69) is 25.4 Å². The van der Waals surface area contributed by atoms with Crippen LogP contribution in [0.25, 0.3) is 0 Å². The lowest BCUT2D eigenvalue weighted by Crippen LogP contribution is -2.50. The maximum atomic E-state index is 12.2. The molecule has 0 spiro atoms. The van der Waals surface area contributed by atoms with Crippen LogP contribution in [-0.4, -0.2) is 38.1 Å². The van der Waals surface area contributed by atoms with Crippen LogP contribution in [0.5, 0.6) is 0 Å². The molecule has 1 aromatic rings. The first kappa shape index (κ1) is 17.6.